The Morgan fingerprint density at radius 1 is 1.20 bits per heavy atom. The average Bonchev–Trinajstić information content (AvgIpc) is 2.12. The summed E-state index contributed by atoms with van der Waals surface area (Å²) in [6.07, 6.45) is 5.78. The summed E-state index contributed by atoms with van der Waals surface area (Å²) in [6.45, 7) is 1.07. The Hall–Kier alpha value is -0.0800. The molecule has 0 N–H and O–H groups in total. The quantitative estimate of drug-likeness (QED) is 0.533. The lowest BCUT2D eigenvalue weighted by atomic mass is 10.2. The van der Waals surface area contributed by atoms with E-state index in [9.17, 15) is 0 Å². The van der Waals surface area contributed by atoms with Crippen LogP contribution in [0.1, 0.15) is 25.7 Å². The Morgan fingerprint density at radius 3 is 2.70 bits per heavy atom. The molecule has 1 radical (unpaired) electrons. The minimum Gasteiger partial charge on any atom is -0.293 e. The first kappa shape index (κ1) is 8.02. The van der Waals surface area contributed by atoms with E-state index in [4.69, 9.17) is 0 Å². The molecule has 1 saturated heterocycles. The van der Waals surface area contributed by atoms with Gasteiger partial charge in [0.25, 0.3) is 0 Å². The third-order valence-corrected chi connectivity index (χ3v) is 2.06. The van der Waals surface area contributed by atoms with Gasteiger partial charge in [-0.25, -0.2) is 5.32 Å². The number of rotatable bonds is 1. The third kappa shape index (κ3) is 2.27. The molecule has 1 fully saturated rings. The summed E-state index contributed by atoms with van der Waals surface area (Å²) in [5.41, 5.74) is 0. The topological polar surface area (TPSA) is 17.3 Å². The monoisotopic (exact) mass is 141 g/mol. The number of hydrogen-bond donors (Lipinski definition) is 0. The van der Waals surface area contributed by atoms with Crippen molar-refractivity contribution in [2.45, 2.75) is 31.8 Å². The molecule has 2 heteroatoms. The van der Waals surface area contributed by atoms with Crippen molar-refractivity contribution in [1.82, 2.24) is 10.2 Å². The fourth-order valence-corrected chi connectivity index (χ4v) is 1.37. The number of nitrogens with zero attached hydrogens (tertiary/aromatic N) is 2. The van der Waals surface area contributed by atoms with Crippen LogP contribution in [0, 0.1) is 0 Å². The summed E-state index contributed by atoms with van der Waals surface area (Å²) in [6, 6.07) is 0. The van der Waals surface area contributed by atoms with Gasteiger partial charge < -0.3 is 0 Å². The summed E-state index contributed by atoms with van der Waals surface area (Å²) < 4.78 is 0. The Bertz CT molecular complexity index is 83.3. The normalized spacial score (nSPS) is 28.5. The van der Waals surface area contributed by atoms with Gasteiger partial charge in [0.2, 0.25) is 0 Å². The zero-order valence-corrected chi connectivity index (χ0v) is 7.01. The second-order valence-electron chi connectivity index (χ2n) is 3.20. The molecule has 1 heterocycles. The fourth-order valence-electron chi connectivity index (χ4n) is 1.37. The molecule has 0 aromatic heterocycles. The summed E-state index contributed by atoms with van der Waals surface area (Å²) in [7, 11) is 4.22. The van der Waals surface area contributed by atoms with E-state index in [1.807, 2.05) is 0 Å². The van der Waals surface area contributed by atoms with Crippen LogP contribution in [0.15, 0.2) is 0 Å². The van der Waals surface area contributed by atoms with E-state index in [1.54, 1.807) is 0 Å². The molecule has 0 spiro atoms. The van der Waals surface area contributed by atoms with Crippen molar-refractivity contribution < 1.29 is 0 Å². The highest BCUT2D eigenvalue weighted by atomic mass is 15.2. The molecule has 0 aromatic carbocycles. The minimum atomic E-state index is 0.502. The molecule has 1 aliphatic heterocycles. The summed E-state index contributed by atoms with van der Waals surface area (Å²) in [5, 5.41) is 4.55. The molecular weight excluding hydrogens is 124 g/mol. The Labute approximate surface area is 63.6 Å². The van der Waals surface area contributed by atoms with Gasteiger partial charge >= 0.3 is 0 Å². The van der Waals surface area contributed by atoms with Crippen LogP contribution in [0.4, 0.5) is 0 Å². The molecule has 2 nitrogen and oxygen atoms in total. The van der Waals surface area contributed by atoms with Crippen LogP contribution in [0.25, 0.3) is 0 Å². The second-order valence-corrected chi connectivity index (χ2v) is 3.20. The first-order valence-electron chi connectivity index (χ1n) is 4.14. The molecule has 0 saturated carbocycles. The minimum absolute atomic E-state index is 0.502. The van der Waals surface area contributed by atoms with Crippen molar-refractivity contribution in [2.75, 3.05) is 20.6 Å². The molecule has 0 aliphatic carbocycles. The van der Waals surface area contributed by atoms with E-state index >= 15 is 0 Å². The van der Waals surface area contributed by atoms with Gasteiger partial charge in [0.1, 0.15) is 0 Å². The average molecular weight is 141 g/mol. The van der Waals surface area contributed by atoms with E-state index in [-0.39, 0.29) is 0 Å². The Morgan fingerprint density at radius 2 is 2.00 bits per heavy atom. The lowest BCUT2D eigenvalue weighted by Crippen LogP contribution is -2.35. The third-order valence-electron chi connectivity index (χ3n) is 2.06. The molecule has 0 bridgehead atoms. The van der Waals surface area contributed by atoms with Crippen molar-refractivity contribution in [3.63, 3.8) is 0 Å². The van der Waals surface area contributed by atoms with Gasteiger partial charge in [-0.2, -0.15) is 0 Å². The van der Waals surface area contributed by atoms with E-state index in [0.717, 1.165) is 6.54 Å². The first-order valence-corrected chi connectivity index (χ1v) is 4.14. The lowest BCUT2D eigenvalue weighted by Gasteiger charge is -2.21. The molecule has 1 atom stereocenters. The summed E-state index contributed by atoms with van der Waals surface area (Å²) in [4.78, 5) is 2.21. The van der Waals surface area contributed by atoms with Gasteiger partial charge in [0.15, 0.2) is 0 Å². The predicted octanol–water partition coefficient (Wildman–Crippen LogP) is 1.05. The lowest BCUT2D eigenvalue weighted by molar-refractivity contribution is 0.236. The molecule has 0 amide bonds. The van der Waals surface area contributed by atoms with Crippen LogP contribution in [0.2, 0.25) is 0 Å². The smallest absolute Gasteiger partial charge is 0.0755 e. The van der Waals surface area contributed by atoms with Crippen molar-refractivity contribution in [3.8, 4) is 0 Å². The van der Waals surface area contributed by atoms with Gasteiger partial charge in [-0.05, 0) is 26.9 Å². The maximum absolute atomic E-state index is 4.55. The summed E-state index contributed by atoms with van der Waals surface area (Å²) in [5.74, 6) is 0. The van der Waals surface area contributed by atoms with E-state index in [0.29, 0.717) is 6.17 Å². The largest absolute Gasteiger partial charge is 0.293 e. The molecule has 0 aromatic rings. The molecule has 10 heavy (non-hydrogen) atoms. The predicted molar refractivity (Wildman–Crippen MR) is 42.9 cm³/mol. The first-order chi connectivity index (χ1) is 4.80. The van der Waals surface area contributed by atoms with Crippen LogP contribution in [0.5, 0.6) is 0 Å². The Balaban J connectivity index is 2.28. The Kier molecular flexibility index (Phi) is 3.16. The molecule has 1 rings (SSSR count). The van der Waals surface area contributed by atoms with Gasteiger partial charge in [-0.1, -0.05) is 12.8 Å². The second kappa shape index (κ2) is 3.94. The zero-order valence-electron chi connectivity index (χ0n) is 7.01. The van der Waals surface area contributed by atoms with Crippen molar-refractivity contribution >= 4 is 0 Å². The van der Waals surface area contributed by atoms with Gasteiger partial charge in [0, 0.05) is 6.54 Å². The van der Waals surface area contributed by atoms with Gasteiger partial charge in [-0.3, -0.25) is 4.90 Å². The van der Waals surface area contributed by atoms with E-state index in [2.05, 4.69) is 24.3 Å². The molecule has 1 unspecified atom stereocenters. The van der Waals surface area contributed by atoms with Crippen molar-refractivity contribution in [3.05, 3.63) is 0 Å². The standard InChI is InChI=1S/C8H17N2/c1-10(2)8-6-4-3-5-7-9-8/h8H,3-7H2,1-2H3. The summed E-state index contributed by atoms with van der Waals surface area (Å²) >= 11 is 0. The van der Waals surface area contributed by atoms with Crippen LogP contribution in [-0.2, 0) is 0 Å². The van der Waals surface area contributed by atoms with Crippen molar-refractivity contribution in [1.29, 1.82) is 0 Å². The van der Waals surface area contributed by atoms with Crippen LogP contribution in [-0.4, -0.2) is 31.7 Å². The molecular formula is C8H17N2. The number of hydrogen-bond acceptors (Lipinski definition) is 1. The van der Waals surface area contributed by atoms with Crippen LogP contribution in [0.3, 0.4) is 0 Å². The maximum atomic E-state index is 4.55. The van der Waals surface area contributed by atoms with Crippen molar-refractivity contribution in [2.24, 2.45) is 0 Å². The highest BCUT2D eigenvalue weighted by Crippen LogP contribution is 2.10. The van der Waals surface area contributed by atoms with Gasteiger partial charge in [0.05, 0.1) is 6.17 Å². The maximum Gasteiger partial charge on any atom is 0.0755 e. The SMILES string of the molecule is CN(C)C1CCCCC[N]1. The fraction of sp³-hybridized carbons (Fsp3) is 1.00. The molecule has 59 valence electrons. The van der Waals surface area contributed by atoms with Crippen LogP contribution < -0.4 is 5.32 Å². The van der Waals surface area contributed by atoms with E-state index < -0.39 is 0 Å². The highest BCUT2D eigenvalue weighted by molar-refractivity contribution is 4.66. The van der Waals surface area contributed by atoms with Gasteiger partial charge in [-0.15, -0.1) is 0 Å². The van der Waals surface area contributed by atoms with E-state index in [1.165, 1.54) is 25.7 Å². The van der Waals surface area contributed by atoms with Crippen LogP contribution >= 0.6 is 0 Å². The molecule has 1 aliphatic rings. The zero-order chi connectivity index (χ0) is 7.40. The highest BCUT2D eigenvalue weighted by Gasteiger charge is 2.13.